The van der Waals surface area contributed by atoms with E-state index in [0.29, 0.717) is 0 Å². The average molecular weight is 571 g/mol. The van der Waals surface area contributed by atoms with Crippen molar-refractivity contribution in [1.82, 2.24) is 0 Å². The van der Waals surface area contributed by atoms with Gasteiger partial charge in [-0.3, -0.25) is 0 Å². The normalized spacial score (nSPS) is 12.2. The zero-order chi connectivity index (χ0) is 29.5. The van der Waals surface area contributed by atoms with Crippen LogP contribution in [0.15, 0.2) is 158 Å². The molecule has 0 unspecified atom stereocenters. The summed E-state index contributed by atoms with van der Waals surface area (Å²) in [6.07, 6.45) is 0. The van der Waals surface area contributed by atoms with Gasteiger partial charge in [0.25, 0.3) is 0 Å². The van der Waals surface area contributed by atoms with Crippen LogP contribution >= 0.6 is 0 Å². The third kappa shape index (κ3) is 3.62. The van der Waals surface area contributed by atoms with Crippen molar-refractivity contribution < 1.29 is 4.74 Å². The molecular weight excluding hydrogens is 544 g/mol. The van der Waals surface area contributed by atoms with E-state index in [1.54, 1.807) is 0 Å². The van der Waals surface area contributed by atoms with Crippen molar-refractivity contribution in [3.8, 4) is 44.9 Å². The minimum atomic E-state index is 0.903. The summed E-state index contributed by atoms with van der Waals surface area (Å²) in [7, 11) is 0. The highest BCUT2D eigenvalue weighted by Gasteiger charge is 2.22. The SMILES string of the molecule is c1ccc(-c2c3ccccc3cc3ccc4cc(-c5ccc6c(c5)-c5cccc7c5c(cc5ccccc57)O6)ccc4c23)cc1. The highest BCUT2D eigenvalue weighted by molar-refractivity contribution is 6.22. The van der Waals surface area contributed by atoms with Crippen LogP contribution in [0.5, 0.6) is 11.5 Å². The number of fused-ring (bicyclic) bond motifs is 8. The van der Waals surface area contributed by atoms with E-state index in [1.165, 1.54) is 81.7 Å². The van der Waals surface area contributed by atoms with Gasteiger partial charge in [-0.2, -0.15) is 0 Å². The van der Waals surface area contributed by atoms with E-state index in [1.807, 2.05) is 0 Å². The van der Waals surface area contributed by atoms with E-state index < -0.39 is 0 Å². The average Bonchev–Trinajstić information content (AvgIpc) is 3.10. The zero-order valence-electron chi connectivity index (χ0n) is 24.4. The van der Waals surface area contributed by atoms with Crippen molar-refractivity contribution in [2.75, 3.05) is 0 Å². The van der Waals surface area contributed by atoms with Crippen LogP contribution in [-0.2, 0) is 0 Å². The standard InChI is InChI=1S/C44H26O/c1-2-9-27(10-3-1)42-35-14-7-5-11-30(35)24-33-18-17-32-23-28(19-21-36(32)43(33)42)29-20-22-40-39(25-29)38-16-8-15-37-34-13-6-4-12-31(34)26-41(45-40)44(37)38/h1-26H. The van der Waals surface area contributed by atoms with E-state index >= 15 is 0 Å². The molecule has 45 heavy (non-hydrogen) atoms. The number of rotatable bonds is 2. The molecular formula is C44H26O. The molecule has 9 aromatic carbocycles. The topological polar surface area (TPSA) is 9.23 Å². The second-order valence-corrected chi connectivity index (χ2v) is 12.1. The molecule has 0 spiro atoms. The first kappa shape index (κ1) is 24.5. The lowest BCUT2D eigenvalue weighted by atomic mass is 9.88. The first-order valence-corrected chi connectivity index (χ1v) is 15.5. The maximum atomic E-state index is 6.56. The van der Waals surface area contributed by atoms with E-state index in [-0.39, 0.29) is 0 Å². The van der Waals surface area contributed by atoms with E-state index in [4.69, 9.17) is 4.74 Å². The Hall–Kier alpha value is -5.92. The maximum absolute atomic E-state index is 6.56. The predicted molar refractivity (Wildman–Crippen MR) is 190 cm³/mol. The van der Waals surface area contributed by atoms with Crippen LogP contribution in [0, 0.1) is 0 Å². The van der Waals surface area contributed by atoms with Crippen molar-refractivity contribution in [1.29, 1.82) is 0 Å². The summed E-state index contributed by atoms with van der Waals surface area (Å²) in [6.45, 7) is 0. The predicted octanol–water partition coefficient (Wildman–Crippen LogP) is 12.6. The molecule has 0 atom stereocenters. The van der Waals surface area contributed by atoms with Gasteiger partial charge in [-0.05, 0) is 107 Å². The fraction of sp³-hybridized carbons (Fsp3) is 0. The van der Waals surface area contributed by atoms with Crippen LogP contribution in [0.4, 0.5) is 0 Å². The fourth-order valence-corrected chi connectivity index (χ4v) is 7.54. The summed E-state index contributed by atoms with van der Waals surface area (Å²) in [5.41, 5.74) is 7.28. The molecule has 208 valence electrons. The molecule has 1 heterocycles. The van der Waals surface area contributed by atoms with Crippen molar-refractivity contribution in [3.63, 3.8) is 0 Å². The van der Waals surface area contributed by atoms with Crippen molar-refractivity contribution >= 4 is 53.9 Å². The van der Waals surface area contributed by atoms with E-state index in [0.717, 1.165) is 17.1 Å². The van der Waals surface area contributed by atoms with Gasteiger partial charge in [-0.15, -0.1) is 0 Å². The molecule has 0 aromatic heterocycles. The summed E-state index contributed by atoms with van der Waals surface area (Å²) in [6, 6.07) is 57.3. The molecule has 0 aliphatic carbocycles. The second-order valence-electron chi connectivity index (χ2n) is 12.1. The van der Waals surface area contributed by atoms with Gasteiger partial charge in [0.15, 0.2) is 0 Å². The van der Waals surface area contributed by atoms with Gasteiger partial charge in [0.2, 0.25) is 0 Å². The fourth-order valence-electron chi connectivity index (χ4n) is 7.54. The summed E-state index contributed by atoms with van der Waals surface area (Å²) < 4.78 is 6.56. The highest BCUT2D eigenvalue weighted by Crippen LogP contribution is 2.49. The molecule has 0 radical (unpaired) electrons. The number of hydrogen-bond acceptors (Lipinski definition) is 1. The van der Waals surface area contributed by atoms with Gasteiger partial charge in [0.1, 0.15) is 11.5 Å². The molecule has 1 aliphatic rings. The third-order valence-corrected chi connectivity index (χ3v) is 9.58. The monoisotopic (exact) mass is 570 g/mol. The molecule has 0 fully saturated rings. The smallest absolute Gasteiger partial charge is 0.136 e. The van der Waals surface area contributed by atoms with Gasteiger partial charge >= 0.3 is 0 Å². The molecule has 0 amide bonds. The Labute approximate surface area is 260 Å². The largest absolute Gasteiger partial charge is 0.456 e. The highest BCUT2D eigenvalue weighted by atomic mass is 16.5. The first-order valence-electron chi connectivity index (χ1n) is 15.5. The van der Waals surface area contributed by atoms with Crippen molar-refractivity contribution in [2.45, 2.75) is 0 Å². The second kappa shape index (κ2) is 9.29. The van der Waals surface area contributed by atoms with Crippen LogP contribution in [-0.4, -0.2) is 0 Å². The molecule has 0 saturated carbocycles. The van der Waals surface area contributed by atoms with Crippen LogP contribution < -0.4 is 4.74 Å². The molecule has 1 aliphatic heterocycles. The molecule has 1 heteroatoms. The minimum Gasteiger partial charge on any atom is -0.456 e. The van der Waals surface area contributed by atoms with Crippen LogP contribution in [0.2, 0.25) is 0 Å². The van der Waals surface area contributed by atoms with Crippen LogP contribution in [0.1, 0.15) is 0 Å². The summed E-state index contributed by atoms with van der Waals surface area (Å²) in [4.78, 5) is 0. The Morgan fingerprint density at radius 3 is 1.89 bits per heavy atom. The summed E-state index contributed by atoms with van der Waals surface area (Å²) in [5, 5.41) is 12.5. The first-order chi connectivity index (χ1) is 22.3. The molecule has 0 N–H and O–H groups in total. The quantitative estimate of drug-likeness (QED) is 0.148. The van der Waals surface area contributed by atoms with E-state index in [9.17, 15) is 0 Å². The van der Waals surface area contributed by atoms with Gasteiger partial charge < -0.3 is 4.74 Å². The molecule has 0 bridgehead atoms. The number of ether oxygens (including phenoxy) is 1. The van der Waals surface area contributed by atoms with Gasteiger partial charge in [0, 0.05) is 10.9 Å². The molecule has 0 saturated heterocycles. The van der Waals surface area contributed by atoms with Gasteiger partial charge in [-0.1, -0.05) is 127 Å². The lowest BCUT2D eigenvalue weighted by Crippen LogP contribution is -1.98. The Morgan fingerprint density at radius 1 is 0.311 bits per heavy atom. The number of hydrogen-bond donors (Lipinski definition) is 0. The molecule has 1 nitrogen and oxygen atoms in total. The van der Waals surface area contributed by atoms with Crippen molar-refractivity contribution in [2.24, 2.45) is 0 Å². The summed E-state index contributed by atoms with van der Waals surface area (Å²) in [5.74, 6) is 1.83. The lowest BCUT2D eigenvalue weighted by molar-refractivity contribution is 0.488. The van der Waals surface area contributed by atoms with E-state index in [2.05, 4.69) is 158 Å². The molecule has 9 aromatic rings. The Balaban J connectivity index is 1.17. The molecule has 10 rings (SSSR count). The zero-order valence-corrected chi connectivity index (χ0v) is 24.4. The van der Waals surface area contributed by atoms with Gasteiger partial charge in [-0.25, -0.2) is 0 Å². The Kier molecular flexibility index (Phi) is 5.06. The van der Waals surface area contributed by atoms with Crippen LogP contribution in [0.25, 0.3) is 87.2 Å². The number of benzene rings is 9. The Morgan fingerprint density at radius 2 is 1.00 bits per heavy atom. The summed E-state index contributed by atoms with van der Waals surface area (Å²) >= 11 is 0. The van der Waals surface area contributed by atoms with Crippen molar-refractivity contribution in [3.05, 3.63) is 158 Å². The minimum absolute atomic E-state index is 0.903. The third-order valence-electron chi connectivity index (χ3n) is 9.58. The lowest BCUT2D eigenvalue weighted by Gasteiger charge is -2.23. The maximum Gasteiger partial charge on any atom is 0.136 e. The van der Waals surface area contributed by atoms with Gasteiger partial charge in [0.05, 0.1) is 0 Å². The van der Waals surface area contributed by atoms with Crippen LogP contribution in [0.3, 0.4) is 0 Å². The Bertz CT molecular complexity index is 2670.